The number of ether oxygens (including phenoxy) is 1. The van der Waals surface area contributed by atoms with Gasteiger partial charge in [-0.15, -0.1) is 0 Å². The molecule has 7 nitrogen and oxygen atoms in total. The van der Waals surface area contributed by atoms with E-state index in [0.29, 0.717) is 44.2 Å². The van der Waals surface area contributed by atoms with Crippen LogP contribution in [0.5, 0.6) is 0 Å². The fraction of sp³-hybridized carbons (Fsp3) is 0.632. The second-order valence-electron chi connectivity index (χ2n) is 7.11. The van der Waals surface area contributed by atoms with Crippen LogP contribution < -0.4 is 5.32 Å². The number of halogens is 1. The number of benzene rings is 1. The molecule has 0 aliphatic carbocycles. The Kier molecular flexibility index (Phi) is 8.21. The zero-order valence-electron chi connectivity index (χ0n) is 17.1. The third-order valence-electron chi connectivity index (χ3n) is 4.62. The summed E-state index contributed by atoms with van der Waals surface area (Å²) in [6, 6.07) is 5.14. The number of rotatable bonds is 7. The van der Waals surface area contributed by atoms with Gasteiger partial charge in [-0.25, -0.2) is 12.8 Å². The molecular weight excluding hydrogens is 383 g/mol. The monoisotopic (exact) mass is 414 g/mol. The molecule has 1 aliphatic rings. The van der Waals surface area contributed by atoms with Crippen molar-refractivity contribution in [2.24, 2.45) is 4.99 Å². The van der Waals surface area contributed by atoms with Crippen LogP contribution in [0.2, 0.25) is 0 Å². The summed E-state index contributed by atoms with van der Waals surface area (Å²) in [5, 5.41) is 3.22. The van der Waals surface area contributed by atoms with Crippen LogP contribution in [0.1, 0.15) is 25.0 Å². The van der Waals surface area contributed by atoms with Gasteiger partial charge in [0.15, 0.2) is 5.96 Å². The van der Waals surface area contributed by atoms with Crippen LogP contribution in [-0.4, -0.2) is 75.3 Å². The quantitative estimate of drug-likeness (QED) is 0.542. The molecule has 0 amide bonds. The Morgan fingerprint density at radius 3 is 2.54 bits per heavy atom. The van der Waals surface area contributed by atoms with E-state index in [1.54, 1.807) is 20.0 Å². The van der Waals surface area contributed by atoms with E-state index < -0.39 is 10.0 Å². The van der Waals surface area contributed by atoms with Gasteiger partial charge in [0.1, 0.15) is 5.82 Å². The molecule has 158 valence electrons. The lowest BCUT2D eigenvalue weighted by Gasteiger charge is -2.35. The highest BCUT2D eigenvalue weighted by atomic mass is 32.2. The normalized spacial score (nSPS) is 16.6. The van der Waals surface area contributed by atoms with E-state index in [1.807, 2.05) is 24.8 Å². The fourth-order valence-electron chi connectivity index (χ4n) is 2.96. The number of hydrogen-bond acceptors (Lipinski definition) is 4. The number of sulfonamides is 1. The maximum absolute atomic E-state index is 13.7. The molecule has 1 N–H and O–H groups in total. The zero-order chi connectivity index (χ0) is 20.7. The van der Waals surface area contributed by atoms with E-state index in [9.17, 15) is 12.8 Å². The van der Waals surface area contributed by atoms with Gasteiger partial charge in [-0.05, 0) is 38.0 Å². The molecule has 1 heterocycles. The summed E-state index contributed by atoms with van der Waals surface area (Å²) >= 11 is 0. The number of guanidine groups is 1. The van der Waals surface area contributed by atoms with E-state index in [-0.39, 0.29) is 24.3 Å². The van der Waals surface area contributed by atoms with Gasteiger partial charge in [0.2, 0.25) is 10.0 Å². The van der Waals surface area contributed by atoms with Crippen molar-refractivity contribution in [3.05, 3.63) is 35.1 Å². The average Bonchev–Trinajstić information content (AvgIpc) is 2.65. The number of aryl methyl sites for hydroxylation is 1. The van der Waals surface area contributed by atoms with Gasteiger partial charge in [-0.1, -0.05) is 12.1 Å². The second-order valence-corrected chi connectivity index (χ2v) is 9.19. The Bertz CT molecular complexity index is 775. The summed E-state index contributed by atoms with van der Waals surface area (Å²) < 4.78 is 45.4. The molecule has 0 aromatic heterocycles. The summed E-state index contributed by atoms with van der Waals surface area (Å²) in [6.07, 6.45) is 0.0171. The Labute approximate surface area is 167 Å². The molecule has 0 spiro atoms. The highest BCUT2D eigenvalue weighted by molar-refractivity contribution is 7.89. The van der Waals surface area contributed by atoms with Gasteiger partial charge in [0.25, 0.3) is 0 Å². The van der Waals surface area contributed by atoms with Gasteiger partial charge >= 0.3 is 0 Å². The molecule has 28 heavy (non-hydrogen) atoms. The van der Waals surface area contributed by atoms with Crippen molar-refractivity contribution in [2.45, 2.75) is 33.4 Å². The SMILES string of the molecule is CN=C(NCc1ccc(C)c(F)c1)N1CCN(S(=O)(=O)CCOC(C)C)CC1. The lowest BCUT2D eigenvalue weighted by Crippen LogP contribution is -2.54. The molecule has 0 bridgehead atoms. The van der Waals surface area contributed by atoms with Crippen LogP contribution >= 0.6 is 0 Å². The van der Waals surface area contributed by atoms with E-state index in [1.165, 1.54) is 10.4 Å². The van der Waals surface area contributed by atoms with Crippen molar-refractivity contribution < 1.29 is 17.5 Å². The van der Waals surface area contributed by atoms with Crippen LogP contribution in [0.15, 0.2) is 23.2 Å². The van der Waals surface area contributed by atoms with E-state index in [0.717, 1.165) is 5.56 Å². The predicted molar refractivity (Wildman–Crippen MR) is 109 cm³/mol. The molecule has 1 fully saturated rings. The molecule has 1 saturated heterocycles. The fourth-order valence-corrected chi connectivity index (χ4v) is 4.24. The molecule has 1 aliphatic heterocycles. The lowest BCUT2D eigenvalue weighted by molar-refractivity contribution is 0.0904. The molecule has 0 atom stereocenters. The van der Waals surface area contributed by atoms with Crippen molar-refractivity contribution in [1.82, 2.24) is 14.5 Å². The Balaban J connectivity index is 1.85. The second kappa shape index (κ2) is 10.2. The van der Waals surface area contributed by atoms with Crippen molar-refractivity contribution in [2.75, 3.05) is 45.6 Å². The number of piperazine rings is 1. The molecule has 1 aromatic carbocycles. The van der Waals surface area contributed by atoms with Crippen molar-refractivity contribution >= 4 is 16.0 Å². The van der Waals surface area contributed by atoms with Gasteiger partial charge in [0, 0.05) is 39.8 Å². The molecule has 0 radical (unpaired) electrons. The van der Waals surface area contributed by atoms with Crippen LogP contribution in [-0.2, 0) is 21.3 Å². The molecule has 0 saturated carbocycles. The highest BCUT2D eigenvalue weighted by Crippen LogP contribution is 2.11. The molecule has 9 heteroatoms. The lowest BCUT2D eigenvalue weighted by atomic mass is 10.1. The molecule has 2 rings (SSSR count). The first kappa shape index (κ1) is 22.6. The third-order valence-corrected chi connectivity index (χ3v) is 6.46. The maximum atomic E-state index is 13.7. The van der Waals surface area contributed by atoms with Gasteiger partial charge in [-0.3, -0.25) is 4.99 Å². The zero-order valence-corrected chi connectivity index (χ0v) is 17.9. The number of hydrogen-bond donors (Lipinski definition) is 1. The first-order chi connectivity index (χ1) is 13.2. The first-order valence-electron chi connectivity index (χ1n) is 9.53. The minimum Gasteiger partial charge on any atom is -0.378 e. The van der Waals surface area contributed by atoms with Crippen LogP contribution in [0.4, 0.5) is 4.39 Å². The average molecular weight is 415 g/mol. The summed E-state index contributed by atoms with van der Waals surface area (Å²) in [4.78, 5) is 6.29. The van der Waals surface area contributed by atoms with Crippen LogP contribution in [0.25, 0.3) is 0 Å². The number of aliphatic imine (C=N–C) groups is 1. The summed E-state index contributed by atoms with van der Waals surface area (Å²) in [6.45, 7) is 8.07. The predicted octanol–water partition coefficient (Wildman–Crippen LogP) is 1.58. The Morgan fingerprint density at radius 1 is 1.29 bits per heavy atom. The molecular formula is C19H31FN4O3S. The topological polar surface area (TPSA) is 74.2 Å². The maximum Gasteiger partial charge on any atom is 0.216 e. The summed E-state index contributed by atoms with van der Waals surface area (Å²) in [5.41, 5.74) is 1.44. The smallest absolute Gasteiger partial charge is 0.216 e. The standard InChI is InChI=1S/C19H31FN4O3S/c1-15(2)27-11-12-28(25,26)24-9-7-23(8-10-24)19(21-4)22-14-17-6-5-16(3)18(20)13-17/h5-6,13,15H,7-12,14H2,1-4H3,(H,21,22). The Hall–Kier alpha value is -1.71. The number of nitrogens with zero attached hydrogens (tertiary/aromatic N) is 3. The van der Waals surface area contributed by atoms with Crippen LogP contribution in [0.3, 0.4) is 0 Å². The molecule has 1 aromatic rings. The van der Waals surface area contributed by atoms with Gasteiger partial charge in [-0.2, -0.15) is 4.31 Å². The minimum atomic E-state index is -3.32. The summed E-state index contributed by atoms with van der Waals surface area (Å²) in [5.74, 6) is 0.452. The van der Waals surface area contributed by atoms with E-state index in [2.05, 4.69) is 10.3 Å². The number of nitrogens with one attached hydrogen (secondary N) is 1. The Morgan fingerprint density at radius 2 is 1.96 bits per heavy atom. The summed E-state index contributed by atoms with van der Waals surface area (Å²) in [7, 11) is -1.63. The van der Waals surface area contributed by atoms with Crippen molar-refractivity contribution in [1.29, 1.82) is 0 Å². The minimum absolute atomic E-state index is 0.00284. The van der Waals surface area contributed by atoms with E-state index >= 15 is 0 Å². The molecule has 0 unspecified atom stereocenters. The van der Waals surface area contributed by atoms with E-state index in [4.69, 9.17) is 4.74 Å². The first-order valence-corrected chi connectivity index (χ1v) is 11.1. The van der Waals surface area contributed by atoms with Crippen molar-refractivity contribution in [3.8, 4) is 0 Å². The van der Waals surface area contributed by atoms with Gasteiger partial charge in [0.05, 0.1) is 18.5 Å². The highest BCUT2D eigenvalue weighted by Gasteiger charge is 2.28. The van der Waals surface area contributed by atoms with Crippen LogP contribution in [0, 0.1) is 12.7 Å². The third kappa shape index (κ3) is 6.42. The van der Waals surface area contributed by atoms with Gasteiger partial charge < -0.3 is 15.0 Å². The van der Waals surface area contributed by atoms with Crippen molar-refractivity contribution in [3.63, 3.8) is 0 Å². The largest absolute Gasteiger partial charge is 0.378 e.